The number of halogens is 3. The van der Waals surface area contributed by atoms with Crippen LogP contribution < -0.4 is 5.32 Å². The monoisotopic (exact) mass is 359 g/mol. The van der Waals surface area contributed by atoms with Gasteiger partial charge in [-0.3, -0.25) is 0 Å². The van der Waals surface area contributed by atoms with Crippen LogP contribution in [0.5, 0.6) is 0 Å². The maximum atomic E-state index is 13.2. The topological polar surface area (TPSA) is 68.2 Å². The first-order chi connectivity index (χ1) is 12.6. The van der Waals surface area contributed by atoms with Crippen molar-refractivity contribution in [3.05, 3.63) is 66.2 Å². The van der Waals surface area contributed by atoms with Crippen LogP contribution in [0.4, 0.5) is 18.9 Å². The van der Waals surface area contributed by atoms with E-state index in [0.717, 1.165) is 5.69 Å². The first-order valence-corrected chi connectivity index (χ1v) is 7.67. The van der Waals surface area contributed by atoms with Crippen molar-refractivity contribution >= 4 is 11.3 Å². The Kier molecular flexibility index (Phi) is 4.04. The molecule has 132 valence electrons. The molecule has 9 heteroatoms. The van der Waals surface area contributed by atoms with Crippen LogP contribution in [0, 0.1) is 5.82 Å². The lowest BCUT2D eigenvalue weighted by Crippen LogP contribution is -1.99. The second-order valence-corrected chi connectivity index (χ2v) is 5.52. The zero-order valence-electron chi connectivity index (χ0n) is 13.2. The number of aromatic nitrogens is 4. The summed E-state index contributed by atoms with van der Waals surface area (Å²) in [6.07, 6.45) is 0.714. The molecule has 0 aliphatic carbocycles. The van der Waals surface area contributed by atoms with Gasteiger partial charge in [-0.1, -0.05) is 6.07 Å². The molecule has 6 nitrogen and oxygen atoms in total. The third kappa shape index (κ3) is 3.23. The van der Waals surface area contributed by atoms with Gasteiger partial charge < -0.3 is 14.1 Å². The fourth-order valence-electron chi connectivity index (χ4n) is 2.48. The summed E-state index contributed by atoms with van der Waals surface area (Å²) < 4.78 is 45.0. The van der Waals surface area contributed by atoms with Crippen LogP contribution in [0.25, 0.3) is 17.1 Å². The molecular formula is C17H12F3N5O. The lowest BCUT2D eigenvalue weighted by molar-refractivity contribution is 0.116. The minimum absolute atomic E-state index is 0.00485. The lowest BCUT2D eigenvalue weighted by atomic mass is 10.2. The number of hydrogen-bond acceptors (Lipinski definition) is 5. The second kappa shape index (κ2) is 6.51. The number of benzene rings is 1. The molecule has 3 heterocycles. The zero-order chi connectivity index (χ0) is 18.1. The largest absolute Gasteiger partial charge is 0.415 e. The van der Waals surface area contributed by atoms with E-state index >= 15 is 0 Å². The van der Waals surface area contributed by atoms with Crippen LogP contribution in [-0.4, -0.2) is 19.6 Å². The third-order valence-electron chi connectivity index (χ3n) is 3.68. The summed E-state index contributed by atoms with van der Waals surface area (Å²) in [5.74, 6) is -1.04. The molecule has 0 spiro atoms. The molecule has 1 aromatic carbocycles. The first kappa shape index (κ1) is 16.1. The van der Waals surface area contributed by atoms with E-state index in [1.54, 1.807) is 34.9 Å². The van der Waals surface area contributed by atoms with Gasteiger partial charge >= 0.3 is 6.43 Å². The molecule has 4 rings (SSSR count). The van der Waals surface area contributed by atoms with Gasteiger partial charge in [0.05, 0.1) is 12.2 Å². The maximum Gasteiger partial charge on any atom is 0.314 e. The summed E-state index contributed by atoms with van der Waals surface area (Å²) in [5.41, 5.74) is 2.46. The Hall–Kier alpha value is -3.36. The average Bonchev–Trinajstić information content (AvgIpc) is 3.26. The van der Waals surface area contributed by atoms with E-state index in [1.165, 1.54) is 12.1 Å². The van der Waals surface area contributed by atoms with Crippen molar-refractivity contribution in [3.8, 4) is 11.5 Å². The van der Waals surface area contributed by atoms with Crippen molar-refractivity contribution in [2.45, 2.75) is 13.0 Å². The average molecular weight is 359 g/mol. The van der Waals surface area contributed by atoms with Crippen LogP contribution in [0.2, 0.25) is 0 Å². The van der Waals surface area contributed by atoms with E-state index < -0.39 is 12.3 Å². The quantitative estimate of drug-likeness (QED) is 0.582. The van der Waals surface area contributed by atoms with E-state index in [2.05, 4.69) is 20.5 Å². The minimum atomic E-state index is -2.81. The molecule has 0 fully saturated rings. The van der Waals surface area contributed by atoms with Crippen LogP contribution >= 0.6 is 0 Å². The van der Waals surface area contributed by atoms with Gasteiger partial charge in [0.1, 0.15) is 11.5 Å². The van der Waals surface area contributed by atoms with Crippen molar-refractivity contribution in [1.82, 2.24) is 19.6 Å². The molecule has 0 atom stereocenters. The van der Waals surface area contributed by atoms with E-state index in [1.807, 2.05) is 6.20 Å². The summed E-state index contributed by atoms with van der Waals surface area (Å²) in [7, 11) is 0. The molecule has 0 bridgehead atoms. The van der Waals surface area contributed by atoms with Crippen LogP contribution in [0.3, 0.4) is 0 Å². The van der Waals surface area contributed by atoms with E-state index in [0.29, 0.717) is 23.4 Å². The number of rotatable bonds is 5. The fraction of sp³-hybridized carbons (Fsp3) is 0.118. The zero-order valence-corrected chi connectivity index (χ0v) is 13.2. The molecule has 0 radical (unpaired) electrons. The van der Waals surface area contributed by atoms with Crippen molar-refractivity contribution in [2.24, 2.45) is 0 Å². The van der Waals surface area contributed by atoms with Crippen molar-refractivity contribution in [1.29, 1.82) is 0 Å². The molecule has 0 saturated heterocycles. The van der Waals surface area contributed by atoms with Crippen LogP contribution in [0.1, 0.15) is 18.0 Å². The molecule has 26 heavy (non-hydrogen) atoms. The highest BCUT2D eigenvalue weighted by molar-refractivity contribution is 5.60. The van der Waals surface area contributed by atoms with E-state index in [4.69, 9.17) is 4.42 Å². The van der Waals surface area contributed by atoms with Gasteiger partial charge in [0.15, 0.2) is 0 Å². The van der Waals surface area contributed by atoms with Crippen LogP contribution in [-0.2, 0) is 6.54 Å². The third-order valence-corrected chi connectivity index (χ3v) is 3.68. The Morgan fingerprint density at radius 1 is 1.15 bits per heavy atom. The van der Waals surface area contributed by atoms with Crippen molar-refractivity contribution in [2.75, 3.05) is 5.32 Å². The maximum absolute atomic E-state index is 13.2. The van der Waals surface area contributed by atoms with Gasteiger partial charge in [0.25, 0.3) is 5.89 Å². The fourth-order valence-corrected chi connectivity index (χ4v) is 2.48. The molecule has 0 saturated carbocycles. The van der Waals surface area contributed by atoms with Gasteiger partial charge in [0.2, 0.25) is 5.89 Å². The first-order valence-electron chi connectivity index (χ1n) is 7.67. The molecular weight excluding hydrogens is 347 g/mol. The number of pyridine rings is 1. The van der Waals surface area contributed by atoms with Gasteiger partial charge in [-0.25, -0.2) is 9.37 Å². The normalized spacial score (nSPS) is 11.4. The number of anilines is 1. The van der Waals surface area contributed by atoms with Gasteiger partial charge in [-0.15, -0.1) is 10.2 Å². The molecule has 0 unspecified atom stereocenters. The Labute approximate surface area is 145 Å². The standard InChI is InChI=1S/C17H12F3N5O/c18-11-2-1-3-12(7-11)21-8-13-9-25-5-4-10(6-14(25)22-13)16-23-24-17(26-16)15(19)20/h1-7,9,15,21H,8H2. The predicted molar refractivity (Wildman–Crippen MR) is 87.2 cm³/mol. The predicted octanol–water partition coefficient (Wildman–Crippen LogP) is 4.07. The number of imidazole rings is 1. The minimum Gasteiger partial charge on any atom is -0.415 e. The lowest BCUT2D eigenvalue weighted by Gasteiger charge is -2.03. The molecule has 0 aliphatic rings. The molecule has 0 aliphatic heterocycles. The number of fused-ring (bicyclic) bond motifs is 1. The van der Waals surface area contributed by atoms with Crippen molar-refractivity contribution in [3.63, 3.8) is 0 Å². The number of hydrogen-bond donors (Lipinski definition) is 1. The Balaban J connectivity index is 1.55. The van der Waals surface area contributed by atoms with Crippen LogP contribution in [0.15, 0.2) is 53.2 Å². The highest BCUT2D eigenvalue weighted by atomic mass is 19.3. The second-order valence-electron chi connectivity index (χ2n) is 5.52. The SMILES string of the molecule is Fc1cccc(NCc2cn3ccc(-c4nnc(C(F)F)o4)cc3n2)c1. The van der Waals surface area contributed by atoms with Gasteiger partial charge in [-0.2, -0.15) is 8.78 Å². The summed E-state index contributed by atoms with van der Waals surface area (Å²) >= 11 is 0. The smallest absolute Gasteiger partial charge is 0.314 e. The number of alkyl halides is 2. The summed E-state index contributed by atoms with van der Waals surface area (Å²) in [6, 6.07) is 9.47. The van der Waals surface area contributed by atoms with Gasteiger partial charge in [0, 0.05) is 23.6 Å². The highest BCUT2D eigenvalue weighted by Crippen LogP contribution is 2.24. The summed E-state index contributed by atoms with van der Waals surface area (Å²) in [6.45, 7) is 0.399. The van der Waals surface area contributed by atoms with Crippen molar-refractivity contribution < 1.29 is 17.6 Å². The molecule has 3 aromatic heterocycles. The molecule has 4 aromatic rings. The van der Waals surface area contributed by atoms with E-state index in [9.17, 15) is 13.2 Å². The summed E-state index contributed by atoms with van der Waals surface area (Å²) in [4.78, 5) is 4.45. The highest BCUT2D eigenvalue weighted by Gasteiger charge is 2.17. The Morgan fingerprint density at radius 3 is 2.81 bits per heavy atom. The molecule has 1 N–H and O–H groups in total. The number of nitrogens with one attached hydrogen (secondary N) is 1. The van der Waals surface area contributed by atoms with E-state index in [-0.39, 0.29) is 11.7 Å². The number of nitrogens with zero attached hydrogens (tertiary/aromatic N) is 4. The summed E-state index contributed by atoms with van der Waals surface area (Å²) in [5, 5.41) is 10.0. The molecule has 0 amide bonds. The van der Waals surface area contributed by atoms with Gasteiger partial charge in [-0.05, 0) is 30.3 Å². The Morgan fingerprint density at radius 2 is 2.04 bits per heavy atom. The Bertz CT molecular complexity index is 1060.